The minimum Gasteiger partial charge on any atom is -0.361 e. The van der Waals surface area contributed by atoms with Gasteiger partial charge < -0.3 is 10.3 Å². The number of ketones is 1. The van der Waals surface area contributed by atoms with Crippen molar-refractivity contribution in [2.45, 2.75) is 13.3 Å². The van der Waals surface area contributed by atoms with Crippen LogP contribution >= 0.6 is 0 Å². The first-order chi connectivity index (χ1) is 10.6. The zero-order valence-electron chi connectivity index (χ0n) is 12.2. The number of anilines is 1. The van der Waals surface area contributed by atoms with Gasteiger partial charge in [-0.1, -0.05) is 6.07 Å². The van der Waals surface area contributed by atoms with E-state index >= 15 is 0 Å². The van der Waals surface area contributed by atoms with Crippen molar-refractivity contribution in [2.75, 3.05) is 5.32 Å². The van der Waals surface area contributed by atoms with Gasteiger partial charge in [-0.3, -0.25) is 9.59 Å². The van der Waals surface area contributed by atoms with Gasteiger partial charge in [0.15, 0.2) is 5.78 Å². The molecular weight excluding hydrogens is 276 g/mol. The van der Waals surface area contributed by atoms with Crippen molar-refractivity contribution in [1.82, 2.24) is 4.98 Å². The summed E-state index contributed by atoms with van der Waals surface area (Å²) >= 11 is 0. The molecule has 1 heterocycles. The van der Waals surface area contributed by atoms with E-state index in [2.05, 4.69) is 10.3 Å². The van der Waals surface area contributed by atoms with Crippen LogP contribution in [-0.4, -0.2) is 16.7 Å². The molecule has 0 spiro atoms. The SMILES string of the molecule is CC(=O)c1ccc(NC(=O)Cc2ccc3[nH]ccc3c2)cc1. The highest BCUT2D eigenvalue weighted by Gasteiger charge is 2.06. The fraction of sp³-hybridized carbons (Fsp3) is 0.111. The maximum Gasteiger partial charge on any atom is 0.228 e. The van der Waals surface area contributed by atoms with Crippen LogP contribution in [0.5, 0.6) is 0 Å². The average Bonchev–Trinajstić information content (AvgIpc) is 2.95. The van der Waals surface area contributed by atoms with Gasteiger partial charge in [0.2, 0.25) is 5.91 Å². The van der Waals surface area contributed by atoms with Crippen molar-refractivity contribution in [3.8, 4) is 0 Å². The molecule has 22 heavy (non-hydrogen) atoms. The standard InChI is InChI=1S/C18H16N2O2/c1-12(21)14-3-5-16(6-4-14)20-18(22)11-13-2-7-17-15(10-13)8-9-19-17/h2-10,19H,11H2,1H3,(H,20,22). The molecule has 0 saturated carbocycles. The number of nitrogens with one attached hydrogen (secondary N) is 2. The Kier molecular flexibility index (Phi) is 3.74. The van der Waals surface area contributed by atoms with E-state index in [9.17, 15) is 9.59 Å². The normalized spacial score (nSPS) is 10.6. The van der Waals surface area contributed by atoms with Crippen LogP contribution in [0.4, 0.5) is 5.69 Å². The number of Topliss-reactive ketones (excluding diaryl/α,β-unsaturated/α-hetero) is 1. The van der Waals surface area contributed by atoms with Crippen LogP contribution in [0.3, 0.4) is 0 Å². The zero-order chi connectivity index (χ0) is 15.5. The van der Waals surface area contributed by atoms with Crippen molar-refractivity contribution < 1.29 is 9.59 Å². The summed E-state index contributed by atoms with van der Waals surface area (Å²) in [7, 11) is 0. The zero-order valence-corrected chi connectivity index (χ0v) is 12.2. The van der Waals surface area contributed by atoms with E-state index in [1.54, 1.807) is 24.3 Å². The van der Waals surface area contributed by atoms with Crippen LogP contribution in [0.25, 0.3) is 10.9 Å². The minimum atomic E-state index is -0.0783. The largest absolute Gasteiger partial charge is 0.361 e. The fourth-order valence-corrected chi connectivity index (χ4v) is 2.39. The molecule has 0 aliphatic rings. The molecule has 1 amide bonds. The van der Waals surface area contributed by atoms with Gasteiger partial charge in [-0.05, 0) is 60.3 Å². The maximum atomic E-state index is 12.1. The lowest BCUT2D eigenvalue weighted by molar-refractivity contribution is -0.115. The molecule has 110 valence electrons. The number of amides is 1. The monoisotopic (exact) mass is 292 g/mol. The van der Waals surface area contributed by atoms with Crippen molar-refractivity contribution >= 4 is 28.3 Å². The van der Waals surface area contributed by atoms with Gasteiger partial charge in [-0.2, -0.15) is 0 Å². The number of carbonyl (C=O) groups is 2. The number of hydrogen-bond acceptors (Lipinski definition) is 2. The highest BCUT2D eigenvalue weighted by Crippen LogP contribution is 2.16. The molecule has 0 bridgehead atoms. The van der Waals surface area contributed by atoms with E-state index < -0.39 is 0 Å². The van der Waals surface area contributed by atoms with E-state index in [1.165, 1.54) is 6.92 Å². The first-order valence-electron chi connectivity index (χ1n) is 7.09. The second-order valence-corrected chi connectivity index (χ2v) is 5.26. The van der Waals surface area contributed by atoms with Crippen molar-refractivity contribution in [1.29, 1.82) is 0 Å². The van der Waals surface area contributed by atoms with E-state index in [4.69, 9.17) is 0 Å². The highest BCUT2D eigenvalue weighted by molar-refractivity contribution is 5.96. The van der Waals surface area contributed by atoms with Gasteiger partial charge in [0.1, 0.15) is 0 Å². The molecule has 0 atom stereocenters. The summed E-state index contributed by atoms with van der Waals surface area (Å²) in [5.74, 6) is -0.0665. The molecule has 0 unspecified atom stereocenters. The third-order valence-corrected chi connectivity index (χ3v) is 3.56. The molecule has 0 fully saturated rings. The summed E-state index contributed by atoms with van der Waals surface area (Å²) in [6.45, 7) is 1.52. The Morgan fingerprint density at radius 2 is 1.82 bits per heavy atom. The van der Waals surface area contributed by atoms with Crippen LogP contribution < -0.4 is 5.32 Å². The number of aromatic nitrogens is 1. The van der Waals surface area contributed by atoms with Gasteiger partial charge in [-0.25, -0.2) is 0 Å². The molecule has 4 nitrogen and oxygen atoms in total. The van der Waals surface area contributed by atoms with E-state index in [-0.39, 0.29) is 11.7 Å². The number of hydrogen-bond donors (Lipinski definition) is 2. The van der Waals surface area contributed by atoms with Crippen LogP contribution in [0.15, 0.2) is 54.7 Å². The lowest BCUT2D eigenvalue weighted by Crippen LogP contribution is -2.14. The Morgan fingerprint density at radius 3 is 2.55 bits per heavy atom. The lowest BCUT2D eigenvalue weighted by atomic mass is 10.1. The third-order valence-electron chi connectivity index (χ3n) is 3.56. The van der Waals surface area contributed by atoms with Crippen molar-refractivity contribution in [3.05, 3.63) is 65.9 Å². The summed E-state index contributed by atoms with van der Waals surface area (Å²) in [6.07, 6.45) is 2.20. The van der Waals surface area contributed by atoms with Gasteiger partial charge in [-0.15, -0.1) is 0 Å². The summed E-state index contributed by atoms with van der Waals surface area (Å²) < 4.78 is 0. The Balaban J connectivity index is 1.67. The van der Waals surface area contributed by atoms with Crippen LogP contribution in [-0.2, 0) is 11.2 Å². The first kappa shape index (κ1) is 14.1. The minimum absolute atomic E-state index is 0.0117. The van der Waals surface area contributed by atoms with Crippen molar-refractivity contribution in [2.24, 2.45) is 0 Å². The molecule has 1 aromatic heterocycles. The molecule has 4 heteroatoms. The second-order valence-electron chi connectivity index (χ2n) is 5.26. The average molecular weight is 292 g/mol. The molecule has 2 N–H and O–H groups in total. The van der Waals surface area contributed by atoms with Crippen LogP contribution in [0.1, 0.15) is 22.8 Å². The third kappa shape index (κ3) is 3.06. The number of aromatic amines is 1. The fourth-order valence-electron chi connectivity index (χ4n) is 2.39. The summed E-state index contributed by atoms with van der Waals surface area (Å²) in [5, 5.41) is 3.93. The smallest absolute Gasteiger partial charge is 0.228 e. The Bertz CT molecular complexity index is 832. The van der Waals surface area contributed by atoms with Gasteiger partial charge in [0, 0.05) is 23.0 Å². The first-order valence-corrected chi connectivity index (χ1v) is 7.09. The predicted molar refractivity (Wildman–Crippen MR) is 87.1 cm³/mol. The number of fused-ring (bicyclic) bond motifs is 1. The quantitative estimate of drug-likeness (QED) is 0.722. The lowest BCUT2D eigenvalue weighted by Gasteiger charge is -2.06. The second kappa shape index (κ2) is 5.85. The van der Waals surface area contributed by atoms with E-state index in [0.717, 1.165) is 16.5 Å². The number of carbonyl (C=O) groups excluding carboxylic acids is 2. The van der Waals surface area contributed by atoms with Gasteiger partial charge in [0.25, 0.3) is 0 Å². The number of rotatable bonds is 4. The molecule has 0 aliphatic heterocycles. The predicted octanol–water partition coefficient (Wildman–Crippen LogP) is 3.55. The molecule has 3 aromatic rings. The van der Waals surface area contributed by atoms with E-state index in [0.29, 0.717) is 17.7 Å². The molecule has 0 radical (unpaired) electrons. The van der Waals surface area contributed by atoms with Crippen molar-refractivity contribution in [3.63, 3.8) is 0 Å². The Morgan fingerprint density at radius 1 is 1.05 bits per heavy atom. The van der Waals surface area contributed by atoms with Crippen LogP contribution in [0.2, 0.25) is 0 Å². The van der Waals surface area contributed by atoms with Crippen LogP contribution in [0, 0.1) is 0 Å². The number of benzene rings is 2. The van der Waals surface area contributed by atoms with Gasteiger partial charge in [0.05, 0.1) is 6.42 Å². The molecule has 0 aliphatic carbocycles. The summed E-state index contributed by atoms with van der Waals surface area (Å²) in [4.78, 5) is 26.4. The highest BCUT2D eigenvalue weighted by atomic mass is 16.1. The summed E-state index contributed by atoms with van der Waals surface area (Å²) in [5.41, 5.74) is 3.35. The molecule has 2 aromatic carbocycles. The molecule has 3 rings (SSSR count). The number of H-pyrrole nitrogens is 1. The Hall–Kier alpha value is -2.88. The van der Waals surface area contributed by atoms with E-state index in [1.807, 2.05) is 30.5 Å². The van der Waals surface area contributed by atoms with Gasteiger partial charge >= 0.3 is 0 Å². The molecule has 0 saturated heterocycles. The molecular formula is C18H16N2O2. The topological polar surface area (TPSA) is 62.0 Å². The summed E-state index contributed by atoms with van der Waals surface area (Å²) in [6, 6.07) is 14.8. The maximum absolute atomic E-state index is 12.1. The Labute approximate surface area is 128 Å².